The molecule has 0 aromatic carbocycles. The van der Waals surface area contributed by atoms with Gasteiger partial charge in [-0.25, -0.2) is 4.79 Å². The maximum Gasteiger partial charge on any atom is 0.410 e. The molecule has 4 nitrogen and oxygen atoms in total. The van der Waals surface area contributed by atoms with Crippen LogP contribution >= 0.6 is 0 Å². The smallest absolute Gasteiger partial charge is 0.410 e. The van der Waals surface area contributed by atoms with Crippen molar-refractivity contribution in [2.45, 2.75) is 58.5 Å². The molecule has 0 aliphatic carbocycles. The molecule has 2 atom stereocenters. The lowest BCUT2D eigenvalue weighted by Gasteiger charge is -2.44. The predicted molar refractivity (Wildman–Crippen MR) is 69.5 cm³/mol. The van der Waals surface area contributed by atoms with Gasteiger partial charge in [-0.3, -0.25) is 4.90 Å². The lowest BCUT2D eigenvalue weighted by Crippen LogP contribution is -2.60. The summed E-state index contributed by atoms with van der Waals surface area (Å²) in [6, 6.07) is -0.649. The van der Waals surface area contributed by atoms with E-state index in [0.29, 0.717) is 0 Å². The summed E-state index contributed by atoms with van der Waals surface area (Å²) in [5.41, 5.74) is -0.608. The molecule has 1 saturated heterocycles. The molecule has 0 aromatic heterocycles. The molecule has 0 radical (unpaired) electrons. The van der Waals surface area contributed by atoms with E-state index in [-0.39, 0.29) is 25.2 Å². The van der Waals surface area contributed by atoms with Crippen molar-refractivity contribution in [3.8, 4) is 0 Å². The van der Waals surface area contributed by atoms with E-state index in [9.17, 15) is 18.0 Å². The highest BCUT2D eigenvalue weighted by Crippen LogP contribution is 2.23. The molecule has 0 bridgehead atoms. The minimum atomic E-state index is -4.22. The number of piperazine rings is 1. The normalized spacial score (nSPS) is 25.7. The van der Waals surface area contributed by atoms with Crippen LogP contribution in [-0.2, 0) is 4.74 Å². The number of alkyl halides is 3. The number of amides is 1. The molecule has 20 heavy (non-hydrogen) atoms. The van der Waals surface area contributed by atoms with E-state index < -0.39 is 24.4 Å². The quantitative estimate of drug-likeness (QED) is 0.746. The number of hydrogen-bond donors (Lipinski definition) is 0. The van der Waals surface area contributed by atoms with Gasteiger partial charge in [-0.15, -0.1) is 0 Å². The monoisotopic (exact) mass is 296 g/mol. The van der Waals surface area contributed by atoms with E-state index >= 15 is 0 Å². The van der Waals surface area contributed by atoms with Crippen LogP contribution in [0, 0.1) is 0 Å². The fraction of sp³-hybridized carbons (Fsp3) is 0.923. The largest absolute Gasteiger partial charge is 0.444 e. The fourth-order valence-electron chi connectivity index (χ4n) is 2.22. The minimum absolute atomic E-state index is 0.194. The van der Waals surface area contributed by atoms with Crippen molar-refractivity contribution in [1.29, 1.82) is 0 Å². The maximum atomic E-state index is 12.5. The van der Waals surface area contributed by atoms with Crippen molar-refractivity contribution in [2.75, 3.05) is 19.6 Å². The van der Waals surface area contributed by atoms with Gasteiger partial charge in [-0.1, -0.05) is 0 Å². The molecule has 0 N–H and O–H groups in total. The van der Waals surface area contributed by atoms with Crippen LogP contribution in [0.1, 0.15) is 34.6 Å². The number of carbonyl (C=O) groups excluding carboxylic acids is 1. The van der Waals surface area contributed by atoms with Crippen molar-refractivity contribution in [1.82, 2.24) is 9.80 Å². The highest BCUT2D eigenvalue weighted by molar-refractivity contribution is 5.68. The molecule has 0 spiro atoms. The molecular formula is C13H23F3N2O2. The van der Waals surface area contributed by atoms with Crippen LogP contribution in [0.25, 0.3) is 0 Å². The van der Waals surface area contributed by atoms with Gasteiger partial charge in [-0.05, 0) is 34.6 Å². The topological polar surface area (TPSA) is 32.8 Å². The van der Waals surface area contributed by atoms with Crippen molar-refractivity contribution in [3.63, 3.8) is 0 Å². The van der Waals surface area contributed by atoms with Gasteiger partial charge in [-0.2, -0.15) is 13.2 Å². The van der Waals surface area contributed by atoms with Crippen molar-refractivity contribution >= 4 is 6.09 Å². The average Bonchev–Trinajstić information content (AvgIpc) is 2.18. The maximum absolute atomic E-state index is 12.5. The molecule has 118 valence electrons. The van der Waals surface area contributed by atoms with Crippen LogP contribution in [0.2, 0.25) is 0 Å². The number of ether oxygens (including phenoxy) is 1. The Bertz CT molecular complexity index is 353. The molecule has 1 heterocycles. The zero-order valence-corrected chi connectivity index (χ0v) is 12.6. The first-order valence-electron chi connectivity index (χ1n) is 6.69. The van der Waals surface area contributed by atoms with Crippen LogP contribution in [-0.4, -0.2) is 59.4 Å². The predicted octanol–water partition coefficient (Wildman–Crippen LogP) is 2.88. The molecule has 1 rings (SSSR count). The Morgan fingerprint density at radius 3 is 2.15 bits per heavy atom. The molecule has 7 heteroatoms. The molecular weight excluding hydrogens is 273 g/mol. The SMILES string of the molecule is C[C@H]1CN(C(=O)OC(C)(C)C)[C@@H](C)CN1CC(F)(F)F. The second-order valence-corrected chi connectivity index (χ2v) is 6.38. The molecule has 1 fully saturated rings. The van der Waals surface area contributed by atoms with Crippen LogP contribution in [0.3, 0.4) is 0 Å². The standard InChI is InChI=1S/C13H23F3N2O2/c1-9-7-18(11(19)20-12(3,4)5)10(2)6-17(9)8-13(14,15)16/h9-10H,6-8H2,1-5H3/t9-,10-/m0/s1. The Morgan fingerprint density at radius 2 is 1.70 bits per heavy atom. The van der Waals surface area contributed by atoms with Crippen molar-refractivity contribution < 1.29 is 22.7 Å². The second-order valence-electron chi connectivity index (χ2n) is 6.38. The third-order valence-electron chi connectivity index (χ3n) is 3.13. The van der Waals surface area contributed by atoms with Crippen molar-refractivity contribution in [3.05, 3.63) is 0 Å². The third-order valence-corrected chi connectivity index (χ3v) is 3.13. The zero-order chi connectivity index (χ0) is 15.7. The highest BCUT2D eigenvalue weighted by Gasteiger charge is 2.39. The number of carbonyl (C=O) groups is 1. The Morgan fingerprint density at radius 1 is 1.15 bits per heavy atom. The minimum Gasteiger partial charge on any atom is -0.444 e. The van der Waals surface area contributed by atoms with Gasteiger partial charge in [0, 0.05) is 25.2 Å². The van der Waals surface area contributed by atoms with E-state index in [1.807, 2.05) is 0 Å². The summed E-state index contributed by atoms with van der Waals surface area (Å²) >= 11 is 0. The summed E-state index contributed by atoms with van der Waals surface area (Å²) < 4.78 is 42.7. The summed E-state index contributed by atoms with van der Waals surface area (Å²) in [7, 11) is 0. The van der Waals surface area contributed by atoms with Crippen LogP contribution in [0.4, 0.5) is 18.0 Å². The molecule has 1 amide bonds. The Hall–Kier alpha value is -0.980. The van der Waals surface area contributed by atoms with Crippen molar-refractivity contribution in [2.24, 2.45) is 0 Å². The first kappa shape index (κ1) is 17.1. The number of halogens is 3. The molecule has 1 aliphatic rings. The Balaban J connectivity index is 2.66. The van der Waals surface area contributed by atoms with Crippen LogP contribution in [0.5, 0.6) is 0 Å². The average molecular weight is 296 g/mol. The van der Waals surface area contributed by atoms with Gasteiger partial charge in [0.15, 0.2) is 0 Å². The summed E-state index contributed by atoms with van der Waals surface area (Å²) in [4.78, 5) is 14.9. The fourth-order valence-corrected chi connectivity index (χ4v) is 2.22. The zero-order valence-electron chi connectivity index (χ0n) is 12.6. The lowest BCUT2D eigenvalue weighted by molar-refractivity contribution is -0.156. The van der Waals surface area contributed by atoms with Gasteiger partial charge >= 0.3 is 12.3 Å². The van der Waals surface area contributed by atoms with Gasteiger partial charge < -0.3 is 9.64 Å². The molecule has 0 unspecified atom stereocenters. The van der Waals surface area contributed by atoms with Gasteiger partial charge in [0.2, 0.25) is 0 Å². The number of rotatable bonds is 1. The van der Waals surface area contributed by atoms with E-state index in [4.69, 9.17) is 4.74 Å². The number of hydrogen-bond acceptors (Lipinski definition) is 3. The third kappa shape index (κ3) is 5.19. The summed E-state index contributed by atoms with van der Waals surface area (Å²) in [6.45, 7) is 8.21. The summed E-state index contributed by atoms with van der Waals surface area (Å²) in [6.07, 6.45) is -4.69. The second kappa shape index (κ2) is 5.79. The first-order valence-corrected chi connectivity index (χ1v) is 6.69. The molecule has 1 aliphatic heterocycles. The lowest BCUT2D eigenvalue weighted by atomic mass is 10.1. The van der Waals surface area contributed by atoms with E-state index in [1.54, 1.807) is 34.6 Å². The summed E-state index contributed by atoms with van der Waals surface area (Å²) in [5.74, 6) is 0. The van der Waals surface area contributed by atoms with Gasteiger partial charge in [0.1, 0.15) is 5.60 Å². The Labute approximate surface area is 117 Å². The first-order chi connectivity index (χ1) is 8.89. The Kier molecular flexibility index (Phi) is 4.94. The van der Waals surface area contributed by atoms with E-state index in [0.717, 1.165) is 0 Å². The highest BCUT2D eigenvalue weighted by atomic mass is 19.4. The summed E-state index contributed by atoms with van der Waals surface area (Å²) in [5, 5.41) is 0. The van der Waals surface area contributed by atoms with Crippen LogP contribution < -0.4 is 0 Å². The number of nitrogens with zero attached hydrogens (tertiary/aromatic N) is 2. The van der Waals surface area contributed by atoms with Gasteiger partial charge in [0.05, 0.1) is 6.54 Å². The van der Waals surface area contributed by atoms with E-state index in [1.165, 1.54) is 9.80 Å². The molecule has 0 saturated carbocycles. The van der Waals surface area contributed by atoms with Crippen LogP contribution in [0.15, 0.2) is 0 Å². The van der Waals surface area contributed by atoms with Gasteiger partial charge in [0.25, 0.3) is 0 Å². The molecule has 0 aromatic rings. The van der Waals surface area contributed by atoms with E-state index in [2.05, 4.69) is 0 Å².